The van der Waals surface area contributed by atoms with Crippen molar-refractivity contribution in [2.45, 2.75) is 33.5 Å². The summed E-state index contributed by atoms with van der Waals surface area (Å²) in [5, 5.41) is 6.65. The zero-order chi connectivity index (χ0) is 14.4. The highest BCUT2D eigenvalue weighted by Crippen LogP contribution is 2.12. The second-order valence-electron chi connectivity index (χ2n) is 5.13. The normalized spacial score (nSPS) is 11.2. The summed E-state index contributed by atoms with van der Waals surface area (Å²) in [5.41, 5.74) is 3.87. The van der Waals surface area contributed by atoms with Crippen molar-refractivity contribution >= 4 is 11.3 Å². The van der Waals surface area contributed by atoms with Crippen LogP contribution in [0.4, 0.5) is 0 Å². The molecule has 0 unspecified atom stereocenters. The van der Waals surface area contributed by atoms with Gasteiger partial charge in [-0.05, 0) is 31.6 Å². The van der Waals surface area contributed by atoms with Crippen molar-refractivity contribution in [3.05, 3.63) is 51.5 Å². The zero-order valence-corrected chi connectivity index (χ0v) is 13.3. The Balaban J connectivity index is 1.91. The molecule has 0 fully saturated rings. The van der Waals surface area contributed by atoms with Crippen LogP contribution in [-0.4, -0.2) is 23.5 Å². The van der Waals surface area contributed by atoms with Gasteiger partial charge in [0, 0.05) is 25.0 Å². The fraction of sp³-hybridized carbons (Fsp3) is 0.438. The van der Waals surface area contributed by atoms with E-state index in [0.29, 0.717) is 0 Å². The topological polar surface area (TPSA) is 28.2 Å². The molecule has 0 saturated carbocycles. The number of hydrogen-bond donors (Lipinski definition) is 1. The van der Waals surface area contributed by atoms with Crippen LogP contribution in [0.15, 0.2) is 29.6 Å². The van der Waals surface area contributed by atoms with Gasteiger partial charge in [-0.15, -0.1) is 11.3 Å². The van der Waals surface area contributed by atoms with Crippen LogP contribution in [0.1, 0.15) is 28.8 Å². The van der Waals surface area contributed by atoms with Crippen LogP contribution < -0.4 is 5.32 Å². The number of benzene rings is 1. The second-order valence-corrected chi connectivity index (χ2v) is 6.19. The van der Waals surface area contributed by atoms with E-state index in [0.717, 1.165) is 31.2 Å². The lowest BCUT2D eigenvalue weighted by atomic mass is 10.1. The lowest BCUT2D eigenvalue weighted by molar-refractivity contribution is 0.315. The molecule has 20 heavy (non-hydrogen) atoms. The van der Waals surface area contributed by atoms with Gasteiger partial charge in [0.2, 0.25) is 0 Å². The first-order chi connectivity index (χ1) is 9.67. The van der Waals surface area contributed by atoms with Gasteiger partial charge in [0.15, 0.2) is 0 Å². The number of aryl methyl sites for hydroxylation is 1. The van der Waals surface area contributed by atoms with Gasteiger partial charge in [-0.1, -0.05) is 31.2 Å². The van der Waals surface area contributed by atoms with E-state index in [2.05, 4.69) is 65.7 Å². The van der Waals surface area contributed by atoms with Crippen molar-refractivity contribution in [1.82, 2.24) is 15.2 Å². The summed E-state index contributed by atoms with van der Waals surface area (Å²) in [6.45, 7) is 8.00. The zero-order valence-electron chi connectivity index (χ0n) is 12.5. The Morgan fingerprint density at radius 2 is 2.05 bits per heavy atom. The van der Waals surface area contributed by atoms with E-state index in [1.807, 2.05) is 0 Å². The van der Waals surface area contributed by atoms with E-state index in [-0.39, 0.29) is 0 Å². The van der Waals surface area contributed by atoms with E-state index in [9.17, 15) is 0 Å². The highest BCUT2D eigenvalue weighted by molar-refractivity contribution is 7.09. The van der Waals surface area contributed by atoms with Crippen LogP contribution >= 0.6 is 11.3 Å². The predicted molar refractivity (Wildman–Crippen MR) is 85.8 cm³/mol. The molecular formula is C16H23N3S. The lowest BCUT2D eigenvalue weighted by Gasteiger charge is -2.16. The molecule has 0 radical (unpaired) electrons. The van der Waals surface area contributed by atoms with Gasteiger partial charge >= 0.3 is 0 Å². The first-order valence-corrected chi connectivity index (χ1v) is 7.93. The molecule has 0 aliphatic rings. The highest BCUT2D eigenvalue weighted by Gasteiger charge is 2.05. The smallest absolute Gasteiger partial charge is 0.0897 e. The predicted octanol–water partition coefficient (Wildman–Crippen LogP) is 3.19. The summed E-state index contributed by atoms with van der Waals surface area (Å²) in [5.74, 6) is 0. The van der Waals surface area contributed by atoms with Gasteiger partial charge in [-0.3, -0.25) is 4.90 Å². The third kappa shape index (κ3) is 4.71. The summed E-state index contributed by atoms with van der Waals surface area (Å²) in [6, 6.07) is 8.79. The summed E-state index contributed by atoms with van der Waals surface area (Å²) in [7, 11) is 2.14. The summed E-state index contributed by atoms with van der Waals surface area (Å²) < 4.78 is 0. The van der Waals surface area contributed by atoms with Crippen molar-refractivity contribution in [2.24, 2.45) is 0 Å². The largest absolute Gasteiger partial charge is 0.313 e. The number of rotatable bonds is 7. The molecule has 0 amide bonds. The van der Waals surface area contributed by atoms with E-state index >= 15 is 0 Å². The van der Waals surface area contributed by atoms with E-state index < -0.39 is 0 Å². The molecule has 1 N–H and O–H groups in total. The van der Waals surface area contributed by atoms with E-state index in [1.54, 1.807) is 11.3 Å². The van der Waals surface area contributed by atoms with Crippen LogP contribution in [0.2, 0.25) is 0 Å². The molecule has 108 valence electrons. The number of hydrogen-bond acceptors (Lipinski definition) is 4. The first kappa shape index (κ1) is 15.2. The van der Waals surface area contributed by atoms with Gasteiger partial charge in [0.1, 0.15) is 0 Å². The minimum absolute atomic E-state index is 0.905. The summed E-state index contributed by atoms with van der Waals surface area (Å²) in [4.78, 5) is 6.82. The number of thiazole rings is 1. The third-order valence-corrected chi connectivity index (χ3v) is 3.94. The van der Waals surface area contributed by atoms with Crippen LogP contribution in [0.3, 0.4) is 0 Å². The molecule has 2 aromatic rings. The molecule has 0 bridgehead atoms. The molecule has 1 heterocycles. The molecule has 0 spiro atoms. The molecular weight excluding hydrogens is 266 g/mol. The van der Waals surface area contributed by atoms with Gasteiger partial charge in [-0.25, -0.2) is 4.98 Å². The van der Waals surface area contributed by atoms with Crippen molar-refractivity contribution < 1.29 is 0 Å². The maximum atomic E-state index is 4.52. The Morgan fingerprint density at radius 3 is 2.75 bits per heavy atom. The molecule has 1 aromatic heterocycles. The molecule has 0 aliphatic carbocycles. The van der Waals surface area contributed by atoms with Crippen LogP contribution in [0, 0.1) is 6.92 Å². The average Bonchev–Trinajstić information content (AvgIpc) is 2.82. The average molecular weight is 289 g/mol. The number of aromatic nitrogens is 1. The van der Waals surface area contributed by atoms with Crippen molar-refractivity contribution in [3.63, 3.8) is 0 Å². The first-order valence-electron chi connectivity index (χ1n) is 7.05. The van der Waals surface area contributed by atoms with E-state index in [4.69, 9.17) is 0 Å². The fourth-order valence-electron chi connectivity index (χ4n) is 2.23. The molecule has 0 atom stereocenters. The molecule has 0 saturated heterocycles. The van der Waals surface area contributed by atoms with Crippen LogP contribution in [0.5, 0.6) is 0 Å². The Labute approximate surface area is 125 Å². The van der Waals surface area contributed by atoms with Crippen molar-refractivity contribution in [1.29, 1.82) is 0 Å². The Kier molecular flexibility index (Phi) is 5.71. The van der Waals surface area contributed by atoms with Gasteiger partial charge in [0.05, 0.1) is 10.7 Å². The Bertz CT molecular complexity index is 536. The number of nitrogens with zero attached hydrogens (tertiary/aromatic N) is 2. The highest BCUT2D eigenvalue weighted by atomic mass is 32.1. The van der Waals surface area contributed by atoms with Crippen LogP contribution in [0.25, 0.3) is 0 Å². The Morgan fingerprint density at radius 1 is 1.25 bits per heavy atom. The summed E-state index contributed by atoms with van der Waals surface area (Å²) >= 11 is 1.72. The molecule has 3 nitrogen and oxygen atoms in total. The van der Waals surface area contributed by atoms with Gasteiger partial charge in [-0.2, -0.15) is 0 Å². The summed E-state index contributed by atoms with van der Waals surface area (Å²) in [6.07, 6.45) is 0. The van der Waals surface area contributed by atoms with Gasteiger partial charge < -0.3 is 5.32 Å². The fourth-order valence-corrected chi connectivity index (χ4v) is 2.84. The lowest BCUT2D eigenvalue weighted by Crippen LogP contribution is -2.18. The third-order valence-electron chi connectivity index (χ3n) is 3.12. The SMILES string of the molecule is CCNCc1cccc(CN(C)Cc2csc(C)n2)c1. The maximum Gasteiger partial charge on any atom is 0.0897 e. The minimum atomic E-state index is 0.905. The molecule has 0 aliphatic heterocycles. The molecule has 2 rings (SSSR count). The second kappa shape index (κ2) is 7.53. The van der Waals surface area contributed by atoms with E-state index in [1.165, 1.54) is 16.8 Å². The van der Waals surface area contributed by atoms with Crippen molar-refractivity contribution in [3.8, 4) is 0 Å². The quantitative estimate of drug-likeness (QED) is 0.848. The monoisotopic (exact) mass is 289 g/mol. The maximum absolute atomic E-state index is 4.52. The molecule has 1 aromatic carbocycles. The van der Waals surface area contributed by atoms with Crippen molar-refractivity contribution in [2.75, 3.05) is 13.6 Å². The van der Waals surface area contributed by atoms with Crippen LogP contribution in [-0.2, 0) is 19.6 Å². The molecule has 4 heteroatoms. The van der Waals surface area contributed by atoms with Gasteiger partial charge in [0.25, 0.3) is 0 Å². The Hall–Kier alpha value is -1.23. The number of nitrogens with one attached hydrogen (secondary N) is 1. The minimum Gasteiger partial charge on any atom is -0.313 e. The standard InChI is InChI=1S/C16H23N3S/c1-4-17-9-14-6-5-7-15(8-14)10-19(3)11-16-12-20-13(2)18-16/h5-8,12,17H,4,9-11H2,1-3H3.